The van der Waals surface area contributed by atoms with E-state index in [2.05, 4.69) is 182 Å². The van der Waals surface area contributed by atoms with Crippen molar-refractivity contribution in [2.24, 2.45) is 10.8 Å². The van der Waals surface area contributed by atoms with E-state index in [4.69, 9.17) is 9.47 Å². The molecule has 0 N–H and O–H groups in total. The molecule has 8 heteroatoms. The average Bonchev–Trinajstić information content (AvgIpc) is 3.62. The molecule has 0 spiro atoms. The van der Waals surface area contributed by atoms with Crippen LogP contribution in [-0.4, -0.2) is 37.8 Å². The van der Waals surface area contributed by atoms with E-state index in [0.29, 0.717) is 0 Å². The van der Waals surface area contributed by atoms with Gasteiger partial charge in [-0.25, -0.2) is 22.5 Å². The van der Waals surface area contributed by atoms with Gasteiger partial charge < -0.3 is 34.3 Å². The van der Waals surface area contributed by atoms with Crippen LogP contribution in [0, 0.1) is 23.0 Å². The Labute approximate surface area is 352 Å². The maximum absolute atomic E-state index is 6.93. The quantitative estimate of drug-likeness (QED) is 0.246. The van der Waals surface area contributed by atoms with E-state index in [1.54, 1.807) is 0 Å². The molecule has 4 aliphatic carbocycles. The van der Waals surface area contributed by atoms with Crippen molar-refractivity contribution >= 4 is 16.1 Å². The first-order valence-electron chi connectivity index (χ1n) is 17.5. The minimum absolute atomic E-state index is 0. The fraction of sp³-hybridized carbons (Fsp3) is 0.619. The maximum atomic E-state index is 6.93. The molecule has 0 heterocycles. The van der Waals surface area contributed by atoms with Crippen LogP contribution in [0.1, 0.15) is 109 Å². The Morgan fingerprint density at radius 1 is 0.540 bits per heavy atom. The van der Waals surface area contributed by atoms with Crippen LogP contribution in [0.3, 0.4) is 0 Å². The van der Waals surface area contributed by atoms with Crippen molar-refractivity contribution in [1.29, 1.82) is 0 Å². The van der Waals surface area contributed by atoms with Gasteiger partial charge in [0, 0.05) is 0 Å². The summed E-state index contributed by atoms with van der Waals surface area (Å²) >= 11 is 0. The third-order valence-electron chi connectivity index (χ3n) is 9.81. The van der Waals surface area contributed by atoms with Crippen LogP contribution < -0.4 is 24.8 Å². The van der Waals surface area contributed by atoms with Crippen molar-refractivity contribution in [2.75, 3.05) is 0 Å². The van der Waals surface area contributed by atoms with Crippen LogP contribution in [-0.2, 0) is 52.9 Å². The molecule has 4 rings (SSSR count). The summed E-state index contributed by atoms with van der Waals surface area (Å²) in [5.41, 5.74) is 2.69. The first-order chi connectivity index (χ1) is 20.8. The van der Waals surface area contributed by atoms with Crippen LogP contribution in [0.15, 0.2) is 82.3 Å². The SMILES string of the molecule is CC(C)(C)OC1([Si](C)(C)C2=[C-]CC=C2)CC=CC=C1C(C)(C)C.CC(C)(C)OC1([Si](C)(C)C2=[C-]CC=C2)CC=CC=C1C(C)(C)C.[Cl-].[Cl-].[Ti+2].[Ti+2]. The molecule has 0 saturated heterocycles. The van der Waals surface area contributed by atoms with E-state index < -0.39 is 16.1 Å². The largest absolute Gasteiger partial charge is 2.00 e. The molecule has 0 amide bonds. The minimum Gasteiger partial charge on any atom is -1.00 e. The number of allylic oxidation sites excluding steroid dienone is 12. The van der Waals surface area contributed by atoms with Crippen molar-refractivity contribution < 1.29 is 77.7 Å². The number of hydrogen-bond donors (Lipinski definition) is 0. The molecular weight excluding hydrogens is 759 g/mol. The molecule has 2 atom stereocenters. The Balaban J connectivity index is 0. The summed E-state index contributed by atoms with van der Waals surface area (Å²) in [6.07, 6.45) is 33.7. The zero-order chi connectivity index (χ0) is 35.0. The third kappa shape index (κ3) is 11.6. The fourth-order valence-electron chi connectivity index (χ4n) is 7.78. The van der Waals surface area contributed by atoms with Crippen molar-refractivity contribution in [2.45, 2.75) is 157 Å². The number of halogens is 2. The van der Waals surface area contributed by atoms with Crippen molar-refractivity contribution in [3.05, 3.63) is 94.5 Å². The summed E-state index contributed by atoms with van der Waals surface area (Å²) in [4.78, 5) is 0. The van der Waals surface area contributed by atoms with E-state index in [1.807, 2.05) is 0 Å². The van der Waals surface area contributed by atoms with Crippen molar-refractivity contribution in [3.63, 3.8) is 0 Å². The van der Waals surface area contributed by atoms with E-state index in [9.17, 15) is 0 Å². The van der Waals surface area contributed by atoms with E-state index in [-0.39, 0.29) is 101 Å². The summed E-state index contributed by atoms with van der Waals surface area (Å²) in [6, 6.07) is 0. The number of rotatable bonds is 6. The summed E-state index contributed by atoms with van der Waals surface area (Å²) in [6.45, 7) is 36.8. The Morgan fingerprint density at radius 3 is 1.06 bits per heavy atom. The summed E-state index contributed by atoms with van der Waals surface area (Å²) in [5.74, 6) is 0. The van der Waals surface area contributed by atoms with Gasteiger partial charge in [0.25, 0.3) is 0 Å². The molecule has 0 fully saturated rings. The van der Waals surface area contributed by atoms with E-state index in [1.165, 1.54) is 21.5 Å². The smallest absolute Gasteiger partial charge is 1.00 e. The summed E-state index contributed by atoms with van der Waals surface area (Å²) < 4.78 is 13.9. The summed E-state index contributed by atoms with van der Waals surface area (Å²) in [5, 5.41) is 2.39. The van der Waals surface area contributed by atoms with Gasteiger partial charge in [0.1, 0.15) is 0 Å². The van der Waals surface area contributed by atoms with Crippen LogP contribution in [0.4, 0.5) is 0 Å². The van der Waals surface area contributed by atoms with Gasteiger partial charge in [-0.2, -0.15) is 12.2 Å². The van der Waals surface area contributed by atoms with Crippen LogP contribution in [0.5, 0.6) is 0 Å². The topological polar surface area (TPSA) is 18.5 Å². The van der Waals surface area contributed by atoms with Crippen molar-refractivity contribution in [1.82, 2.24) is 0 Å². The first-order valence-corrected chi connectivity index (χ1v) is 23.5. The van der Waals surface area contributed by atoms with Gasteiger partial charge in [0.05, 0.1) is 37.8 Å². The molecule has 50 heavy (non-hydrogen) atoms. The molecule has 0 aliphatic heterocycles. The van der Waals surface area contributed by atoms with Crippen LogP contribution in [0.25, 0.3) is 0 Å². The van der Waals surface area contributed by atoms with Gasteiger partial charge in [-0.3, -0.25) is 12.2 Å². The molecular formula is C42H66Cl2O2Si2Ti2. The molecule has 0 aromatic rings. The van der Waals surface area contributed by atoms with Crippen LogP contribution >= 0.6 is 0 Å². The van der Waals surface area contributed by atoms with Gasteiger partial charge in [-0.15, -0.1) is 12.8 Å². The second-order valence-electron chi connectivity index (χ2n) is 18.7. The molecule has 2 nitrogen and oxygen atoms in total. The maximum Gasteiger partial charge on any atom is 2.00 e. The van der Waals surface area contributed by atoms with E-state index in [0.717, 1.165) is 25.7 Å². The molecule has 0 aromatic carbocycles. The zero-order valence-electron chi connectivity index (χ0n) is 34.2. The van der Waals surface area contributed by atoms with Gasteiger partial charge in [0.15, 0.2) is 0 Å². The number of hydrogen-bond acceptors (Lipinski definition) is 2. The molecule has 0 bridgehead atoms. The fourth-order valence-corrected chi connectivity index (χ4v) is 15.4. The summed E-state index contributed by atoms with van der Waals surface area (Å²) in [7, 11) is -3.85. The first kappa shape index (κ1) is 52.4. The average molecular weight is 826 g/mol. The van der Waals surface area contributed by atoms with Gasteiger partial charge in [-0.1, -0.05) is 104 Å². The Morgan fingerprint density at radius 2 is 0.840 bits per heavy atom. The van der Waals surface area contributed by atoms with E-state index >= 15 is 0 Å². The predicted octanol–water partition coefficient (Wildman–Crippen LogP) is 5.90. The minimum atomic E-state index is -1.93. The molecule has 2 unspecified atom stereocenters. The molecule has 0 aromatic heterocycles. The number of ether oxygens (including phenoxy) is 2. The monoisotopic (exact) mass is 824 g/mol. The predicted molar refractivity (Wildman–Crippen MR) is 206 cm³/mol. The molecule has 0 saturated carbocycles. The van der Waals surface area contributed by atoms with Gasteiger partial charge >= 0.3 is 43.4 Å². The van der Waals surface area contributed by atoms with Crippen LogP contribution in [0.2, 0.25) is 26.2 Å². The molecule has 276 valence electrons. The zero-order valence-corrected chi connectivity index (χ0v) is 40.8. The molecule has 4 aliphatic rings. The van der Waals surface area contributed by atoms with Crippen molar-refractivity contribution in [3.8, 4) is 0 Å². The van der Waals surface area contributed by atoms with Gasteiger partial charge in [0.2, 0.25) is 0 Å². The Kier molecular flexibility index (Phi) is 19.6. The normalized spacial score (nSPS) is 23.5. The second kappa shape index (κ2) is 18.7. The Bertz CT molecular complexity index is 1280. The second-order valence-corrected chi connectivity index (χ2v) is 27.8. The third-order valence-corrected chi connectivity index (χ3v) is 18.4. The molecule has 0 radical (unpaired) electrons. The Hall–Kier alpha value is 0.282. The van der Waals surface area contributed by atoms with Gasteiger partial charge in [-0.05, 0) is 76.4 Å². The standard InChI is InChI=1S/2C21H33OSi.2ClH.2Ti/c2*1-19(2,3)18-15-11-12-16-21(18,22-20(4,5)6)23(7,8)17-13-9-10-14-17;;;;/h2*9,11-13,15H,10,16H2,1-8H3;2*1H;;/q2*-1;;;2*+2/p-2.